The van der Waals surface area contributed by atoms with E-state index in [0.717, 1.165) is 6.07 Å². The maximum Gasteiger partial charge on any atom is 0.458 e. The van der Waals surface area contributed by atoms with E-state index < -0.39 is 49.8 Å². The summed E-state index contributed by atoms with van der Waals surface area (Å²) in [6, 6.07) is 1.69. The van der Waals surface area contributed by atoms with E-state index in [0.29, 0.717) is 43.9 Å². The Labute approximate surface area is 153 Å². The van der Waals surface area contributed by atoms with Crippen molar-refractivity contribution in [1.82, 2.24) is 0 Å². The Morgan fingerprint density at radius 2 is 1.59 bits per heavy atom. The van der Waals surface area contributed by atoms with E-state index in [4.69, 9.17) is 5.11 Å². The van der Waals surface area contributed by atoms with Gasteiger partial charge in [-0.2, -0.15) is 22.0 Å². The molecule has 1 aliphatic carbocycles. The van der Waals surface area contributed by atoms with Crippen molar-refractivity contribution in [2.45, 2.75) is 55.5 Å². The zero-order chi connectivity index (χ0) is 20.8. The Kier molecular flexibility index (Phi) is 5.62. The van der Waals surface area contributed by atoms with E-state index in [1.54, 1.807) is 0 Å². The lowest BCUT2D eigenvalue weighted by atomic mass is 9.78. The van der Waals surface area contributed by atoms with Crippen molar-refractivity contribution in [3.8, 4) is 0 Å². The number of benzene rings is 1. The molecule has 1 saturated carbocycles. The molecule has 0 saturated heterocycles. The molecule has 0 spiro atoms. The summed E-state index contributed by atoms with van der Waals surface area (Å²) in [7, 11) is -4.57. The van der Waals surface area contributed by atoms with Crippen LogP contribution >= 0.6 is 0 Å². The van der Waals surface area contributed by atoms with Crippen LogP contribution in [0.15, 0.2) is 17.0 Å². The smallest absolute Gasteiger partial charge is 0.458 e. The van der Waals surface area contributed by atoms with Crippen LogP contribution < -0.4 is 0 Å². The van der Waals surface area contributed by atoms with Gasteiger partial charge in [0.2, 0.25) is 0 Å². The highest BCUT2D eigenvalue weighted by atomic mass is 32.2. The van der Waals surface area contributed by atoms with Crippen molar-refractivity contribution < 1.29 is 40.3 Å². The van der Waals surface area contributed by atoms with Crippen molar-refractivity contribution in [2.24, 2.45) is 5.92 Å². The summed E-state index contributed by atoms with van der Waals surface area (Å²) >= 11 is 0. The van der Waals surface area contributed by atoms with Gasteiger partial charge in [0.1, 0.15) is 0 Å². The van der Waals surface area contributed by atoms with Gasteiger partial charge in [0.05, 0.1) is 16.0 Å². The third-order valence-electron chi connectivity index (χ3n) is 4.92. The summed E-state index contributed by atoms with van der Waals surface area (Å²) in [6.07, 6.45) is -3.45. The molecule has 0 atom stereocenters. The fourth-order valence-electron chi connectivity index (χ4n) is 3.52. The van der Waals surface area contributed by atoms with Gasteiger partial charge >= 0.3 is 18.1 Å². The number of hydrogen-bond acceptors (Lipinski definition) is 3. The van der Waals surface area contributed by atoms with Crippen LogP contribution in [0.25, 0.3) is 0 Å². The predicted molar refractivity (Wildman–Crippen MR) is 86.8 cm³/mol. The molecule has 1 aromatic carbocycles. The molecule has 27 heavy (non-hydrogen) atoms. The minimum Gasteiger partial charge on any atom is -0.478 e. The first-order valence-corrected chi connectivity index (χ1v) is 10.1. The van der Waals surface area contributed by atoms with Crippen LogP contribution in [0, 0.1) is 5.92 Å². The van der Waals surface area contributed by atoms with Crippen molar-refractivity contribution in [1.29, 1.82) is 0 Å². The van der Waals surface area contributed by atoms with Crippen molar-refractivity contribution in [3.05, 3.63) is 28.8 Å². The standard InChI is InChI=1S/C17H19F5O4S/c1-9-3-5-10(6-4-9)11-7-8-12(15(23)24)13(14(11)27(2,25)26)16(18,19)17(20,21)22/h7-10H,3-6H2,1-2H3,(H,23,24). The van der Waals surface area contributed by atoms with Crippen LogP contribution in [0.2, 0.25) is 0 Å². The quantitative estimate of drug-likeness (QED) is 0.723. The first-order valence-electron chi connectivity index (χ1n) is 8.23. The van der Waals surface area contributed by atoms with E-state index in [2.05, 4.69) is 0 Å². The minimum absolute atomic E-state index is 0.173. The molecule has 4 nitrogen and oxygen atoms in total. The van der Waals surface area contributed by atoms with Gasteiger partial charge in [-0.05, 0) is 36.3 Å². The molecule has 2 rings (SSSR count). The number of sulfone groups is 1. The van der Waals surface area contributed by atoms with Gasteiger partial charge < -0.3 is 5.11 Å². The van der Waals surface area contributed by atoms with Gasteiger partial charge in [-0.25, -0.2) is 13.2 Å². The maximum atomic E-state index is 14.2. The van der Waals surface area contributed by atoms with Crippen LogP contribution in [0.3, 0.4) is 0 Å². The fourth-order valence-corrected chi connectivity index (χ4v) is 4.79. The highest BCUT2D eigenvalue weighted by molar-refractivity contribution is 7.90. The normalized spacial score (nSPS) is 21.9. The van der Waals surface area contributed by atoms with Crippen molar-refractivity contribution in [3.63, 3.8) is 0 Å². The Bertz CT molecular complexity index is 838. The molecular weight excluding hydrogens is 395 g/mol. The van der Waals surface area contributed by atoms with Crippen LogP contribution in [0.5, 0.6) is 0 Å². The zero-order valence-electron chi connectivity index (χ0n) is 14.6. The average Bonchev–Trinajstić information content (AvgIpc) is 2.52. The maximum absolute atomic E-state index is 14.2. The highest BCUT2D eigenvalue weighted by Gasteiger charge is 2.62. The molecule has 0 bridgehead atoms. The Morgan fingerprint density at radius 3 is 2.00 bits per heavy atom. The van der Waals surface area contributed by atoms with E-state index in [-0.39, 0.29) is 5.56 Å². The number of carboxylic acid groups (broad SMARTS) is 1. The van der Waals surface area contributed by atoms with Crippen molar-refractivity contribution >= 4 is 15.8 Å². The minimum atomic E-state index is -6.14. The first kappa shape index (κ1) is 21.6. The number of aromatic carboxylic acids is 1. The average molecular weight is 414 g/mol. The summed E-state index contributed by atoms with van der Waals surface area (Å²) in [5.41, 5.74) is -3.54. The van der Waals surface area contributed by atoms with E-state index >= 15 is 0 Å². The molecule has 1 aromatic rings. The second-order valence-electron chi connectivity index (χ2n) is 7.01. The molecule has 0 aliphatic heterocycles. The van der Waals surface area contributed by atoms with E-state index in [1.807, 2.05) is 6.92 Å². The van der Waals surface area contributed by atoms with E-state index in [9.17, 15) is 35.2 Å². The number of halogens is 5. The second kappa shape index (κ2) is 7.03. The first-order chi connectivity index (χ1) is 12.2. The summed E-state index contributed by atoms with van der Waals surface area (Å²) in [5.74, 6) is -7.88. The van der Waals surface area contributed by atoms with Gasteiger partial charge in [0, 0.05) is 6.26 Å². The van der Waals surface area contributed by atoms with Crippen LogP contribution in [-0.4, -0.2) is 31.9 Å². The SMILES string of the molecule is CC1CCC(c2ccc(C(=O)O)c(C(F)(F)C(F)(F)F)c2S(C)(=O)=O)CC1. The van der Waals surface area contributed by atoms with Gasteiger partial charge in [0.15, 0.2) is 9.84 Å². The third-order valence-corrected chi connectivity index (χ3v) is 6.10. The monoisotopic (exact) mass is 414 g/mol. The largest absolute Gasteiger partial charge is 0.478 e. The Balaban J connectivity index is 2.86. The topological polar surface area (TPSA) is 71.4 Å². The predicted octanol–water partition coefficient (Wildman–Crippen LogP) is 4.74. The van der Waals surface area contributed by atoms with Crippen LogP contribution in [0.4, 0.5) is 22.0 Å². The molecule has 0 amide bonds. The lowest BCUT2D eigenvalue weighted by Gasteiger charge is -2.30. The molecule has 152 valence electrons. The Hall–Kier alpha value is -1.71. The fraction of sp³-hybridized carbons (Fsp3) is 0.588. The van der Waals surface area contributed by atoms with Crippen molar-refractivity contribution in [2.75, 3.05) is 6.26 Å². The van der Waals surface area contributed by atoms with Gasteiger partial charge in [-0.3, -0.25) is 0 Å². The number of hydrogen-bond donors (Lipinski definition) is 1. The van der Waals surface area contributed by atoms with Gasteiger partial charge in [-0.15, -0.1) is 0 Å². The molecule has 1 N–H and O–H groups in total. The van der Waals surface area contributed by atoms with Gasteiger partial charge in [-0.1, -0.05) is 25.8 Å². The summed E-state index contributed by atoms with van der Waals surface area (Å²) in [4.78, 5) is 10.1. The molecule has 0 radical (unpaired) electrons. The number of rotatable bonds is 4. The Morgan fingerprint density at radius 1 is 1.07 bits per heavy atom. The molecular formula is C17H19F5O4S. The molecule has 0 heterocycles. The summed E-state index contributed by atoms with van der Waals surface area (Å²) < 4.78 is 92.0. The van der Waals surface area contributed by atoms with Crippen LogP contribution in [0.1, 0.15) is 60.0 Å². The lowest BCUT2D eigenvalue weighted by molar-refractivity contribution is -0.290. The van der Waals surface area contributed by atoms with E-state index in [1.165, 1.54) is 0 Å². The number of carbonyl (C=O) groups is 1. The zero-order valence-corrected chi connectivity index (χ0v) is 15.4. The highest BCUT2D eigenvalue weighted by Crippen LogP contribution is 2.50. The lowest BCUT2D eigenvalue weighted by Crippen LogP contribution is -2.37. The van der Waals surface area contributed by atoms with Gasteiger partial charge in [0.25, 0.3) is 0 Å². The molecule has 1 fully saturated rings. The molecule has 1 aliphatic rings. The number of carboxylic acids is 1. The van der Waals surface area contributed by atoms with Crippen LogP contribution in [-0.2, 0) is 15.8 Å². The third kappa shape index (κ3) is 4.09. The summed E-state index contributed by atoms with van der Waals surface area (Å²) in [5, 5.41) is 9.13. The molecule has 0 aromatic heterocycles. The molecule has 0 unspecified atom stereocenters. The molecule has 10 heteroatoms. The summed E-state index contributed by atoms with van der Waals surface area (Å²) in [6.45, 7) is 1.96. The second-order valence-corrected chi connectivity index (χ2v) is 8.97. The number of alkyl halides is 5.